The van der Waals surface area contributed by atoms with Gasteiger partial charge >= 0.3 is 0 Å². The standard InChI is InChI=1S/C19H24N6O2/c1-4-24(16-8-6-5-7-14(16)2)10-9-20-17(26)12-25-13-21-18-15(19(25)27)11-22-23(18)3/h5-8,11,13H,4,9-10,12H2,1-3H3,(H,20,26). The molecule has 0 unspecified atom stereocenters. The van der Waals surface area contributed by atoms with Crippen LogP contribution >= 0.6 is 0 Å². The van der Waals surface area contributed by atoms with E-state index in [1.807, 2.05) is 12.1 Å². The predicted molar refractivity (Wildman–Crippen MR) is 105 cm³/mol. The van der Waals surface area contributed by atoms with Gasteiger partial charge in [0.2, 0.25) is 5.91 Å². The van der Waals surface area contributed by atoms with Gasteiger partial charge in [0.05, 0.1) is 6.20 Å². The highest BCUT2D eigenvalue weighted by molar-refractivity contribution is 5.77. The van der Waals surface area contributed by atoms with Gasteiger partial charge < -0.3 is 10.2 Å². The minimum Gasteiger partial charge on any atom is -0.370 e. The van der Waals surface area contributed by atoms with E-state index in [0.717, 1.165) is 12.2 Å². The Bertz CT molecular complexity index is 1010. The van der Waals surface area contributed by atoms with Crippen molar-refractivity contribution in [2.75, 3.05) is 24.5 Å². The van der Waals surface area contributed by atoms with Crippen LogP contribution in [0.5, 0.6) is 0 Å². The van der Waals surface area contributed by atoms with Crippen LogP contribution in [0.2, 0.25) is 0 Å². The Balaban J connectivity index is 1.59. The average Bonchev–Trinajstić information content (AvgIpc) is 3.04. The molecular formula is C19H24N6O2. The van der Waals surface area contributed by atoms with Gasteiger partial charge in [0.1, 0.15) is 18.3 Å². The van der Waals surface area contributed by atoms with Gasteiger partial charge in [0.15, 0.2) is 5.65 Å². The van der Waals surface area contributed by atoms with E-state index in [-0.39, 0.29) is 18.0 Å². The lowest BCUT2D eigenvalue weighted by molar-refractivity contribution is -0.121. The van der Waals surface area contributed by atoms with E-state index in [0.29, 0.717) is 24.1 Å². The fourth-order valence-electron chi connectivity index (χ4n) is 3.09. The van der Waals surface area contributed by atoms with Gasteiger partial charge in [0, 0.05) is 32.4 Å². The summed E-state index contributed by atoms with van der Waals surface area (Å²) in [7, 11) is 1.72. The molecule has 1 N–H and O–H groups in total. The van der Waals surface area contributed by atoms with E-state index in [2.05, 4.69) is 46.3 Å². The molecule has 0 aliphatic rings. The SMILES string of the molecule is CCN(CCNC(=O)Cn1cnc2c(cnn2C)c1=O)c1ccccc1C. The second kappa shape index (κ2) is 8.03. The summed E-state index contributed by atoms with van der Waals surface area (Å²) in [4.78, 5) is 31.1. The zero-order valence-electron chi connectivity index (χ0n) is 15.8. The van der Waals surface area contributed by atoms with Crippen molar-refractivity contribution in [3.63, 3.8) is 0 Å². The molecule has 27 heavy (non-hydrogen) atoms. The number of carbonyl (C=O) groups excluding carboxylic acids is 1. The number of nitrogens with one attached hydrogen (secondary N) is 1. The molecule has 0 radical (unpaired) electrons. The molecule has 0 spiro atoms. The highest BCUT2D eigenvalue weighted by Crippen LogP contribution is 2.18. The van der Waals surface area contributed by atoms with Crippen LogP contribution in [-0.4, -0.2) is 44.9 Å². The minimum atomic E-state index is -0.265. The first-order valence-corrected chi connectivity index (χ1v) is 8.95. The topological polar surface area (TPSA) is 85.1 Å². The quantitative estimate of drug-likeness (QED) is 0.675. The molecule has 3 rings (SSSR count). The largest absolute Gasteiger partial charge is 0.370 e. The number of likely N-dealkylation sites (N-methyl/N-ethyl adjacent to an activating group) is 1. The molecule has 8 heteroatoms. The highest BCUT2D eigenvalue weighted by atomic mass is 16.2. The molecule has 0 saturated heterocycles. The first-order valence-electron chi connectivity index (χ1n) is 8.95. The maximum atomic E-state index is 12.4. The fourth-order valence-corrected chi connectivity index (χ4v) is 3.09. The summed E-state index contributed by atoms with van der Waals surface area (Å²) >= 11 is 0. The summed E-state index contributed by atoms with van der Waals surface area (Å²) < 4.78 is 2.84. The first-order chi connectivity index (χ1) is 13.0. The molecule has 0 atom stereocenters. The van der Waals surface area contributed by atoms with Gasteiger partial charge in [-0.05, 0) is 25.5 Å². The van der Waals surface area contributed by atoms with Crippen molar-refractivity contribution in [1.29, 1.82) is 0 Å². The summed E-state index contributed by atoms with van der Waals surface area (Å²) in [6.07, 6.45) is 2.86. The number of nitrogens with zero attached hydrogens (tertiary/aromatic N) is 5. The van der Waals surface area contributed by atoms with Crippen molar-refractivity contribution in [2.24, 2.45) is 7.05 Å². The van der Waals surface area contributed by atoms with Gasteiger partial charge in [-0.3, -0.25) is 18.8 Å². The van der Waals surface area contributed by atoms with Gasteiger partial charge in [-0.2, -0.15) is 5.10 Å². The smallest absolute Gasteiger partial charge is 0.264 e. The molecule has 0 saturated carbocycles. The average molecular weight is 368 g/mol. The number of rotatable bonds is 7. The Kier molecular flexibility index (Phi) is 5.54. The molecule has 0 aliphatic heterocycles. The Labute approximate surface area is 157 Å². The maximum absolute atomic E-state index is 12.4. The summed E-state index contributed by atoms with van der Waals surface area (Å²) in [5.41, 5.74) is 2.61. The van der Waals surface area contributed by atoms with Crippen molar-refractivity contribution < 1.29 is 4.79 Å². The van der Waals surface area contributed by atoms with E-state index in [4.69, 9.17) is 0 Å². The number of hydrogen-bond acceptors (Lipinski definition) is 5. The third-order valence-electron chi connectivity index (χ3n) is 4.57. The second-order valence-electron chi connectivity index (χ2n) is 6.40. The van der Waals surface area contributed by atoms with Crippen molar-refractivity contribution in [3.8, 4) is 0 Å². The van der Waals surface area contributed by atoms with Crippen molar-refractivity contribution in [3.05, 3.63) is 52.7 Å². The number of benzene rings is 1. The van der Waals surface area contributed by atoms with Crippen LogP contribution in [0.3, 0.4) is 0 Å². The predicted octanol–water partition coefficient (Wildman–Crippen LogP) is 1.08. The third kappa shape index (κ3) is 3.99. The first kappa shape index (κ1) is 18.6. The number of fused-ring (bicyclic) bond motifs is 1. The number of anilines is 1. The number of aromatic nitrogens is 4. The third-order valence-corrected chi connectivity index (χ3v) is 4.57. The Hall–Kier alpha value is -3.16. The number of para-hydroxylation sites is 1. The molecule has 8 nitrogen and oxygen atoms in total. The van der Waals surface area contributed by atoms with Crippen LogP contribution in [0.25, 0.3) is 11.0 Å². The molecule has 0 aliphatic carbocycles. The van der Waals surface area contributed by atoms with Gasteiger partial charge in [0.25, 0.3) is 5.56 Å². The molecule has 1 aromatic carbocycles. The fraction of sp³-hybridized carbons (Fsp3) is 0.368. The number of hydrogen-bond donors (Lipinski definition) is 1. The zero-order chi connectivity index (χ0) is 19.4. The molecule has 1 amide bonds. The molecule has 0 bridgehead atoms. The van der Waals surface area contributed by atoms with Crippen LogP contribution in [0.4, 0.5) is 5.69 Å². The highest BCUT2D eigenvalue weighted by Gasteiger charge is 2.11. The number of carbonyl (C=O) groups is 1. The van der Waals surface area contributed by atoms with E-state index in [1.165, 1.54) is 27.3 Å². The summed E-state index contributed by atoms with van der Waals surface area (Å²) in [6, 6.07) is 8.18. The number of amides is 1. The molecule has 2 heterocycles. The second-order valence-corrected chi connectivity index (χ2v) is 6.40. The molecule has 0 fully saturated rings. The van der Waals surface area contributed by atoms with E-state index < -0.39 is 0 Å². The van der Waals surface area contributed by atoms with Crippen LogP contribution < -0.4 is 15.8 Å². The molecular weight excluding hydrogens is 344 g/mol. The Morgan fingerprint density at radius 2 is 2.07 bits per heavy atom. The summed E-state index contributed by atoms with van der Waals surface area (Å²) in [6.45, 7) is 6.14. The van der Waals surface area contributed by atoms with E-state index in [1.54, 1.807) is 7.05 Å². The van der Waals surface area contributed by atoms with Crippen molar-refractivity contribution in [2.45, 2.75) is 20.4 Å². The van der Waals surface area contributed by atoms with Crippen molar-refractivity contribution >= 4 is 22.6 Å². The lowest BCUT2D eigenvalue weighted by Gasteiger charge is -2.25. The summed E-state index contributed by atoms with van der Waals surface area (Å²) in [5, 5.41) is 7.31. The van der Waals surface area contributed by atoms with Crippen LogP contribution in [0.15, 0.2) is 41.6 Å². The molecule has 3 aromatic rings. The zero-order valence-corrected chi connectivity index (χ0v) is 15.8. The molecule has 2 aromatic heterocycles. The summed E-state index contributed by atoms with van der Waals surface area (Å²) in [5.74, 6) is -0.219. The minimum absolute atomic E-state index is 0.0623. The van der Waals surface area contributed by atoms with Gasteiger partial charge in [-0.15, -0.1) is 0 Å². The van der Waals surface area contributed by atoms with Crippen LogP contribution in [0.1, 0.15) is 12.5 Å². The van der Waals surface area contributed by atoms with E-state index in [9.17, 15) is 9.59 Å². The Morgan fingerprint density at radius 1 is 1.30 bits per heavy atom. The monoisotopic (exact) mass is 368 g/mol. The van der Waals surface area contributed by atoms with Crippen LogP contribution in [0, 0.1) is 6.92 Å². The number of aryl methyl sites for hydroxylation is 2. The van der Waals surface area contributed by atoms with Gasteiger partial charge in [-0.1, -0.05) is 18.2 Å². The normalized spacial score (nSPS) is 10.9. The lowest BCUT2D eigenvalue weighted by Crippen LogP contribution is -2.38. The van der Waals surface area contributed by atoms with E-state index >= 15 is 0 Å². The van der Waals surface area contributed by atoms with Crippen LogP contribution in [-0.2, 0) is 18.4 Å². The lowest BCUT2D eigenvalue weighted by atomic mass is 10.2. The van der Waals surface area contributed by atoms with Gasteiger partial charge in [-0.25, -0.2) is 4.98 Å². The Morgan fingerprint density at radius 3 is 2.81 bits per heavy atom. The van der Waals surface area contributed by atoms with Crippen molar-refractivity contribution in [1.82, 2.24) is 24.6 Å². The molecule has 142 valence electrons. The maximum Gasteiger partial charge on any atom is 0.264 e.